The molecular formula is C18H29BS. The molecule has 1 aromatic carbocycles. The van der Waals surface area contributed by atoms with Crippen LogP contribution >= 0.6 is 11.8 Å². The molecule has 0 saturated carbocycles. The Morgan fingerprint density at radius 1 is 1.00 bits per heavy atom. The van der Waals surface area contributed by atoms with Crippen molar-refractivity contribution < 1.29 is 0 Å². The van der Waals surface area contributed by atoms with Gasteiger partial charge in [0.1, 0.15) is 0 Å². The molecule has 1 heterocycles. The zero-order valence-corrected chi connectivity index (χ0v) is 15.0. The Kier molecular flexibility index (Phi) is 4.10. The third-order valence-corrected chi connectivity index (χ3v) is 6.50. The normalized spacial score (nSPS) is 21.2. The summed E-state index contributed by atoms with van der Waals surface area (Å²) in [5.41, 5.74) is 1.97. The summed E-state index contributed by atoms with van der Waals surface area (Å²) in [6, 6.07) is 9.35. The van der Waals surface area contributed by atoms with E-state index in [1.54, 1.807) is 0 Å². The number of benzene rings is 1. The van der Waals surface area contributed by atoms with Crippen molar-refractivity contribution in [3.05, 3.63) is 24.3 Å². The molecule has 1 aliphatic heterocycles. The summed E-state index contributed by atoms with van der Waals surface area (Å²) in [5, 5.41) is 0.381. The average Bonchev–Trinajstić information content (AvgIpc) is 2.49. The van der Waals surface area contributed by atoms with Gasteiger partial charge >= 0.3 is 0 Å². The van der Waals surface area contributed by atoms with Gasteiger partial charge in [0.25, 0.3) is 0 Å². The molecule has 0 radical (unpaired) electrons. The molecule has 1 aliphatic rings. The molecule has 1 saturated heterocycles. The maximum atomic E-state index is 2.45. The number of thioether (sulfide) groups is 1. The van der Waals surface area contributed by atoms with Gasteiger partial charge in [-0.2, -0.15) is 0 Å². The van der Waals surface area contributed by atoms with E-state index >= 15 is 0 Å². The second-order valence-electron chi connectivity index (χ2n) is 8.48. The van der Waals surface area contributed by atoms with Gasteiger partial charge < -0.3 is 0 Å². The van der Waals surface area contributed by atoms with Crippen LogP contribution < -0.4 is 5.46 Å². The predicted octanol–water partition coefficient (Wildman–Crippen LogP) is 5.49. The average molecular weight is 288 g/mol. The van der Waals surface area contributed by atoms with E-state index in [-0.39, 0.29) is 4.75 Å². The third-order valence-electron chi connectivity index (χ3n) is 5.38. The lowest BCUT2D eigenvalue weighted by Gasteiger charge is -2.38. The molecule has 0 unspecified atom stereocenters. The largest absolute Gasteiger partial charge is 0.182 e. The van der Waals surface area contributed by atoms with Crippen LogP contribution in [0.2, 0.25) is 11.6 Å². The van der Waals surface area contributed by atoms with Crippen LogP contribution in [0.25, 0.3) is 0 Å². The molecular weight excluding hydrogens is 259 g/mol. The van der Waals surface area contributed by atoms with E-state index in [1.165, 1.54) is 23.1 Å². The minimum Gasteiger partial charge on any atom is -0.120 e. The Balaban J connectivity index is 2.19. The van der Waals surface area contributed by atoms with Crippen molar-refractivity contribution >= 4 is 23.9 Å². The van der Waals surface area contributed by atoms with Gasteiger partial charge in [0.2, 0.25) is 0 Å². The zero-order chi connectivity index (χ0) is 15.2. The fourth-order valence-electron chi connectivity index (χ4n) is 3.36. The van der Waals surface area contributed by atoms with Gasteiger partial charge in [-0.15, -0.1) is 11.8 Å². The van der Waals surface area contributed by atoms with Crippen molar-refractivity contribution in [2.24, 2.45) is 5.41 Å². The molecule has 1 aromatic rings. The first-order chi connectivity index (χ1) is 9.03. The van der Waals surface area contributed by atoms with Crippen LogP contribution in [0.4, 0.5) is 0 Å². The molecule has 110 valence electrons. The van der Waals surface area contributed by atoms with Gasteiger partial charge in [-0.3, -0.25) is 0 Å². The van der Waals surface area contributed by atoms with Crippen molar-refractivity contribution in [2.45, 2.75) is 76.2 Å². The van der Waals surface area contributed by atoms with E-state index in [1.807, 2.05) is 11.8 Å². The van der Waals surface area contributed by atoms with E-state index in [0.717, 1.165) is 0 Å². The molecule has 0 amide bonds. The highest BCUT2D eigenvalue weighted by Crippen LogP contribution is 2.57. The fraction of sp³-hybridized carbons (Fsp3) is 0.667. The van der Waals surface area contributed by atoms with Crippen molar-refractivity contribution in [3.63, 3.8) is 0 Å². The molecule has 2 heteroatoms. The van der Waals surface area contributed by atoms with E-state index in [0.29, 0.717) is 17.4 Å². The van der Waals surface area contributed by atoms with Gasteiger partial charge in [-0.1, -0.05) is 78.8 Å². The number of rotatable bonds is 2. The minimum atomic E-state index is 0.288. The Morgan fingerprint density at radius 3 is 1.95 bits per heavy atom. The summed E-state index contributed by atoms with van der Waals surface area (Å²) in [6.07, 6.45) is 2.66. The van der Waals surface area contributed by atoms with Crippen LogP contribution in [-0.4, -0.2) is 11.5 Å². The summed E-state index contributed by atoms with van der Waals surface area (Å²) in [5.74, 6) is 0. The molecule has 1 fully saturated rings. The van der Waals surface area contributed by atoms with Crippen molar-refractivity contribution in [2.75, 3.05) is 0 Å². The topological polar surface area (TPSA) is 0 Å². The lowest BCUT2D eigenvalue weighted by molar-refractivity contribution is 0.278. The second-order valence-corrected chi connectivity index (χ2v) is 10.4. The monoisotopic (exact) mass is 288 g/mol. The van der Waals surface area contributed by atoms with Gasteiger partial charge in [0.15, 0.2) is 6.71 Å². The van der Waals surface area contributed by atoms with E-state index in [2.05, 4.69) is 72.7 Å². The third kappa shape index (κ3) is 3.11. The summed E-state index contributed by atoms with van der Waals surface area (Å²) >= 11 is 1.95. The molecule has 0 nitrogen and oxygen atoms in total. The van der Waals surface area contributed by atoms with Gasteiger partial charge in [-0.25, -0.2) is 0 Å². The fourth-order valence-corrected chi connectivity index (χ4v) is 4.34. The molecule has 2 rings (SSSR count). The summed E-state index contributed by atoms with van der Waals surface area (Å²) in [7, 11) is 0. The van der Waals surface area contributed by atoms with Crippen LogP contribution in [0.3, 0.4) is 0 Å². The molecule has 0 N–H and O–H groups in total. The second kappa shape index (κ2) is 5.12. The Morgan fingerprint density at radius 2 is 1.55 bits per heavy atom. The van der Waals surface area contributed by atoms with Crippen LogP contribution in [0.15, 0.2) is 29.2 Å². The van der Waals surface area contributed by atoms with Crippen LogP contribution in [0, 0.1) is 5.41 Å². The molecule has 20 heavy (non-hydrogen) atoms. The Labute approximate surface area is 130 Å². The molecule has 0 aliphatic carbocycles. The van der Waals surface area contributed by atoms with Crippen molar-refractivity contribution in [1.29, 1.82) is 0 Å². The number of hydrogen-bond donors (Lipinski definition) is 0. The standard InChI is InChI=1S/C18H29BS/c1-16(2,3)20-15-10-8-14(9-11-15)19-13-12-17(4,5)18(19,6)7/h8-11H,12-13H2,1-7H3. The first-order valence-corrected chi connectivity index (χ1v) is 8.64. The summed E-state index contributed by atoms with van der Waals surface area (Å²) < 4.78 is 0.288. The number of hydrogen-bond acceptors (Lipinski definition) is 1. The molecule has 0 aromatic heterocycles. The maximum Gasteiger partial charge on any atom is 0.182 e. The minimum absolute atomic E-state index is 0.288. The predicted molar refractivity (Wildman–Crippen MR) is 94.7 cm³/mol. The first kappa shape index (κ1) is 16.0. The first-order valence-electron chi connectivity index (χ1n) is 7.82. The van der Waals surface area contributed by atoms with E-state index < -0.39 is 0 Å². The smallest absolute Gasteiger partial charge is 0.120 e. The van der Waals surface area contributed by atoms with E-state index in [4.69, 9.17) is 0 Å². The quantitative estimate of drug-likeness (QED) is 0.512. The molecule has 0 atom stereocenters. The van der Waals surface area contributed by atoms with Crippen LogP contribution in [0.1, 0.15) is 54.9 Å². The highest BCUT2D eigenvalue weighted by atomic mass is 32.2. The lowest BCUT2D eigenvalue weighted by Crippen LogP contribution is -2.40. The SMILES string of the molecule is CC(C)(C)Sc1ccc(B2CCC(C)(C)C2(C)C)cc1. The van der Waals surface area contributed by atoms with Crippen LogP contribution in [0.5, 0.6) is 0 Å². The molecule has 0 bridgehead atoms. The maximum absolute atomic E-state index is 2.45. The van der Waals surface area contributed by atoms with Gasteiger partial charge in [0.05, 0.1) is 0 Å². The zero-order valence-electron chi connectivity index (χ0n) is 14.2. The summed E-state index contributed by atoms with van der Waals surface area (Å²) in [4.78, 5) is 1.39. The highest BCUT2D eigenvalue weighted by Gasteiger charge is 2.50. The van der Waals surface area contributed by atoms with Crippen molar-refractivity contribution in [1.82, 2.24) is 0 Å². The lowest BCUT2D eigenvalue weighted by atomic mass is 9.30. The van der Waals surface area contributed by atoms with Gasteiger partial charge in [-0.05, 0) is 22.9 Å². The Hall–Kier alpha value is -0.365. The summed E-state index contributed by atoms with van der Waals surface area (Å²) in [6.45, 7) is 17.3. The highest BCUT2D eigenvalue weighted by molar-refractivity contribution is 8.00. The van der Waals surface area contributed by atoms with Crippen molar-refractivity contribution in [3.8, 4) is 0 Å². The van der Waals surface area contributed by atoms with Gasteiger partial charge in [0, 0.05) is 9.64 Å². The van der Waals surface area contributed by atoms with E-state index in [9.17, 15) is 0 Å². The Bertz CT molecular complexity index is 465. The van der Waals surface area contributed by atoms with Crippen LogP contribution in [-0.2, 0) is 0 Å². The molecule has 0 spiro atoms.